The highest BCUT2D eigenvalue weighted by atomic mass is 15.2. The van der Waals surface area contributed by atoms with Gasteiger partial charge in [-0.25, -0.2) is 0 Å². The number of nitrogens with zero attached hydrogens (tertiary/aromatic N) is 2. The van der Waals surface area contributed by atoms with E-state index in [2.05, 4.69) is 411 Å². The lowest BCUT2D eigenvalue weighted by molar-refractivity contribution is 0.584. The van der Waals surface area contributed by atoms with Crippen molar-refractivity contribution in [2.24, 2.45) is 0 Å². The number of para-hydroxylation sites is 3. The van der Waals surface area contributed by atoms with E-state index >= 15 is 0 Å². The second-order valence-electron chi connectivity index (χ2n) is 28.4. The summed E-state index contributed by atoms with van der Waals surface area (Å²) >= 11 is 0. The zero-order valence-corrected chi connectivity index (χ0v) is 58.1. The Labute approximate surface area is 611 Å². The number of anilines is 6. The van der Waals surface area contributed by atoms with Gasteiger partial charge in [0.25, 0.3) is 0 Å². The molecular weight excluding hydrogens is 1270 g/mol. The van der Waals surface area contributed by atoms with Crippen LogP contribution in [-0.2, 0) is 11.8 Å². The first-order chi connectivity index (χ1) is 51.9. The van der Waals surface area contributed by atoms with E-state index in [1.807, 2.05) is 0 Å². The summed E-state index contributed by atoms with van der Waals surface area (Å²) in [5, 5.41) is 17.1. The second-order valence-corrected chi connectivity index (χ2v) is 28.4. The number of rotatable bonds is 13. The van der Waals surface area contributed by atoms with Crippen LogP contribution in [0.4, 0.5) is 34.1 Å². The summed E-state index contributed by atoms with van der Waals surface area (Å²) in [5.41, 5.74) is 24.0. The number of fused-ring (bicyclic) bond motifs is 12. The first-order valence-electron chi connectivity index (χ1n) is 36.6. The molecule has 0 N–H and O–H groups in total. The zero-order valence-electron chi connectivity index (χ0n) is 58.1. The lowest BCUT2D eigenvalue weighted by Crippen LogP contribution is -2.25. The third-order valence-corrected chi connectivity index (χ3v) is 22.4. The third-order valence-electron chi connectivity index (χ3n) is 22.4. The van der Waals surface area contributed by atoms with Crippen molar-refractivity contribution in [2.45, 2.75) is 18.8 Å². The van der Waals surface area contributed by atoms with Gasteiger partial charge in [-0.1, -0.05) is 322 Å². The Bertz CT molecular complexity index is 6680. The van der Waals surface area contributed by atoms with E-state index in [1.165, 1.54) is 125 Å². The molecule has 2 heteroatoms. The fourth-order valence-corrected chi connectivity index (χ4v) is 17.5. The normalized spacial score (nSPS) is 13.3. The highest BCUT2D eigenvalue weighted by Crippen LogP contribution is 2.57. The minimum absolute atomic E-state index is 0.561. The fourth-order valence-electron chi connectivity index (χ4n) is 17.5. The molecular formula is C103H70N2. The van der Waals surface area contributed by atoms with Gasteiger partial charge in [-0.05, 0) is 222 Å². The largest absolute Gasteiger partial charge is 0.309 e. The van der Waals surface area contributed by atoms with Gasteiger partial charge in [-0.15, -0.1) is 0 Å². The molecule has 0 saturated heterocycles. The maximum atomic E-state index is 2.57. The van der Waals surface area contributed by atoms with E-state index in [-0.39, 0.29) is 0 Å². The zero-order chi connectivity index (χ0) is 69.5. The van der Waals surface area contributed by atoms with Crippen LogP contribution < -0.4 is 9.80 Å². The Kier molecular flexibility index (Phi) is 14.8. The molecule has 19 aromatic rings. The van der Waals surface area contributed by atoms with Crippen molar-refractivity contribution in [2.75, 3.05) is 9.80 Å². The van der Waals surface area contributed by atoms with Crippen molar-refractivity contribution < 1.29 is 0 Å². The summed E-state index contributed by atoms with van der Waals surface area (Å²) in [6.07, 6.45) is 0.680. The SMILES string of the molecule is CC1(Cc2cccc(N(c3ccc(-c4ccc5ccccc5c4)cc3)c3ccccc3-c3ccc4ccccc4c3)c2-c2cc3ccccc3c3ccccc23)c2ccccc2-c2ccc(N(c3ccccc3-c3ccc4ccccc4c3)c3ccccc3-c3cc4ccccc4c4ccccc34)cc21. The summed E-state index contributed by atoms with van der Waals surface area (Å²) < 4.78 is 0. The molecule has 0 bridgehead atoms. The molecule has 1 aliphatic carbocycles. The minimum atomic E-state index is -0.561. The van der Waals surface area contributed by atoms with Crippen LogP contribution in [0.2, 0.25) is 0 Å². The fraction of sp³-hybridized carbons (Fsp3) is 0.0291. The van der Waals surface area contributed by atoms with Crippen LogP contribution in [-0.4, -0.2) is 0 Å². The molecule has 1 atom stereocenters. The van der Waals surface area contributed by atoms with Gasteiger partial charge in [0.05, 0.1) is 22.7 Å². The van der Waals surface area contributed by atoms with E-state index < -0.39 is 5.41 Å². The van der Waals surface area contributed by atoms with Crippen LogP contribution >= 0.6 is 0 Å². The lowest BCUT2D eigenvalue weighted by atomic mass is 9.73. The Morgan fingerprint density at radius 3 is 1.16 bits per heavy atom. The number of hydrogen-bond donors (Lipinski definition) is 0. The quantitative estimate of drug-likeness (QED) is 0.106. The molecule has 1 unspecified atom stereocenters. The molecule has 2 nitrogen and oxygen atoms in total. The van der Waals surface area contributed by atoms with Crippen LogP contribution in [0.15, 0.2) is 394 Å². The lowest BCUT2D eigenvalue weighted by Gasteiger charge is -2.34. The van der Waals surface area contributed by atoms with E-state index in [1.54, 1.807) is 0 Å². The molecule has 0 radical (unpaired) electrons. The van der Waals surface area contributed by atoms with Gasteiger partial charge in [0.15, 0.2) is 0 Å². The van der Waals surface area contributed by atoms with Gasteiger partial charge in [0.2, 0.25) is 0 Å². The van der Waals surface area contributed by atoms with Crippen LogP contribution in [0.3, 0.4) is 0 Å². The average molecular weight is 1340 g/mol. The van der Waals surface area contributed by atoms with Gasteiger partial charge in [-0.2, -0.15) is 0 Å². The first kappa shape index (κ1) is 61.5. The summed E-state index contributed by atoms with van der Waals surface area (Å²) in [6, 6.07) is 148. The van der Waals surface area contributed by atoms with Crippen LogP contribution in [0, 0.1) is 0 Å². The average Bonchev–Trinajstić information content (AvgIpc) is 1.64. The molecule has 0 spiro atoms. The maximum absolute atomic E-state index is 2.57. The Balaban J connectivity index is 0.823. The second kappa shape index (κ2) is 25.3. The Hall–Kier alpha value is -13.4. The van der Waals surface area contributed by atoms with Gasteiger partial charge in [0, 0.05) is 39.0 Å². The van der Waals surface area contributed by atoms with Crippen molar-refractivity contribution in [1.29, 1.82) is 0 Å². The number of benzene rings is 19. The third kappa shape index (κ3) is 10.5. The highest BCUT2D eigenvalue weighted by Gasteiger charge is 2.41. The van der Waals surface area contributed by atoms with E-state index in [0.29, 0.717) is 6.42 Å². The predicted octanol–water partition coefficient (Wildman–Crippen LogP) is 28.6. The van der Waals surface area contributed by atoms with Gasteiger partial charge in [0.1, 0.15) is 0 Å². The molecule has 0 aromatic heterocycles. The number of hydrogen-bond acceptors (Lipinski definition) is 2. The highest BCUT2D eigenvalue weighted by molar-refractivity contribution is 6.17. The van der Waals surface area contributed by atoms with Crippen molar-refractivity contribution >= 4 is 110 Å². The summed E-state index contributed by atoms with van der Waals surface area (Å²) in [7, 11) is 0. The van der Waals surface area contributed by atoms with E-state index in [4.69, 9.17) is 0 Å². The monoisotopic (exact) mass is 1330 g/mol. The van der Waals surface area contributed by atoms with E-state index in [9.17, 15) is 0 Å². The standard InChI is InChI=1S/C103H70N2/c1-103(96-44-20-16-42-91(96)92-60-59-82(66-97(92)103)105(99-46-22-18-37-86(99)79-54-51-70-27-4-7-30-74(70)63-79)100-47-23-19-43-93(100)94-64-76-31-8-10-34-83(76)87-38-12-14-40-89(87)94)67-80-33-24-48-101(102(80)95-65-77-32-9-11-35-84(77)88-39-13-15-41-90(88)95)104(81-57-55-71(56-58-81)75-52-49-68-25-2-5-28-72(68)61-75)98-45-21-17-36-85(98)78-53-50-69-26-3-6-29-73(69)62-78/h2-66H,67H2,1H3. The molecule has 1 aliphatic rings. The minimum Gasteiger partial charge on any atom is -0.309 e. The summed E-state index contributed by atoms with van der Waals surface area (Å²) in [4.78, 5) is 5.13. The van der Waals surface area contributed by atoms with Crippen molar-refractivity contribution in [1.82, 2.24) is 0 Å². The van der Waals surface area contributed by atoms with Crippen molar-refractivity contribution in [3.05, 3.63) is 411 Å². The van der Waals surface area contributed by atoms with Crippen LogP contribution in [0.25, 0.3) is 142 Å². The van der Waals surface area contributed by atoms with Crippen molar-refractivity contribution in [3.63, 3.8) is 0 Å². The molecule has 0 aliphatic heterocycles. The molecule has 492 valence electrons. The topological polar surface area (TPSA) is 6.48 Å². The Morgan fingerprint density at radius 1 is 0.210 bits per heavy atom. The first-order valence-corrected chi connectivity index (χ1v) is 36.6. The molecule has 0 fully saturated rings. The van der Waals surface area contributed by atoms with E-state index in [0.717, 1.165) is 67.5 Å². The molecule has 0 heterocycles. The smallest absolute Gasteiger partial charge is 0.0543 e. The predicted molar refractivity (Wildman–Crippen MR) is 448 cm³/mol. The molecule has 0 saturated carbocycles. The summed E-state index contributed by atoms with van der Waals surface area (Å²) in [5.74, 6) is 0. The molecule has 0 amide bonds. The van der Waals surface area contributed by atoms with Crippen LogP contribution in [0.5, 0.6) is 0 Å². The van der Waals surface area contributed by atoms with Gasteiger partial charge >= 0.3 is 0 Å². The Morgan fingerprint density at radius 2 is 0.590 bits per heavy atom. The maximum Gasteiger partial charge on any atom is 0.0543 e. The van der Waals surface area contributed by atoms with Gasteiger partial charge in [-0.3, -0.25) is 0 Å². The van der Waals surface area contributed by atoms with Gasteiger partial charge < -0.3 is 9.80 Å². The molecule has 19 aromatic carbocycles. The van der Waals surface area contributed by atoms with Crippen LogP contribution in [0.1, 0.15) is 23.6 Å². The molecule has 20 rings (SSSR count). The van der Waals surface area contributed by atoms with Crippen molar-refractivity contribution in [3.8, 4) is 66.8 Å². The summed E-state index contributed by atoms with van der Waals surface area (Å²) in [6.45, 7) is 2.53. The molecule has 105 heavy (non-hydrogen) atoms.